The van der Waals surface area contributed by atoms with Gasteiger partial charge >= 0.3 is 0 Å². The van der Waals surface area contributed by atoms with Crippen molar-refractivity contribution in [2.24, 2.45) is 4.99 Å². The second-order valence-corrected chi connectivity index (χ2v) is 6.61. The number of hydrogen-bond donors (Lipinski definition) is 2. The van der Waals surface area contributed by atoms with Crippen molar-refractivity contribution in [3.05, 3.63) is 71.8 Å². The molecule has 0 amide bonds. The summed E-state index contributed by atoms with van der Waals surface area (Å²) in [7, 11) is 0. The number of guanidine groups is 1. The van der Waals surface area contributed by atoms with Gasteiger partial charge in [-0.1, -0.05) is 30.3 Å². The zero-order valence-electron chi connectivity index (χ0n) is 17.6. The summed E-state index contributed by atoms with van der Waals surface area (Å²) in [5.74, 6) is 3.24. The number of halogens is 1. The normalized spacial score (nSPS) is 11.0. The first-order chi connectivity index (χ1) is 14.2. The van der Waals surface area contributed by atoms with Gasteiger partial charge in [-0.05, 0) is 44.5 Å². The highest BCUT2D eigenvalue weighted by atomic mass is 127. The summed E-state index contributed by atoms with van der Waals surface area (Å²) in [5, 5.41) is 14.7. The molecule has 0 spiro atoms. The number of aromatic nitrogens is 3. The molecule has 0 aliphatic carbocycles. The summed E-state index contributed by atoms with van der Waals surface area (Å²) in [6, 6.07) is 16.0. The second kappa shape index (κ2) is 12.2. The fraction of sp³-hybridized carbons (Fsp3) is 0.318. The molecule has 2 aromatic carbocycles. The number of benzene rings is 2. The van der Waals surface area contributed by atoms with E-state index in [1.54, 1.807) is 6.33 Å². The topological polar surface area (TPSA) is 76.4 Å². The van der Waals surface area contributed by atoms with Crippen molar-refractivity contribution < 1.29 is 4.74 Å². The molecular weight excluding hydrogens is 491 g/mol. The van der Waals surface area contributed by atoms with E-state index >= 15 is 0 Å². The van der Waals surface area contributed by atoms with Gasteiger partial charge in [0.1, 0.15) is 17.8 Å². The van der Waals surface area contributed by atoms with Crippen LogP contribution in [-0.4, -0.2) is 27.3 Å². The zero-order chi connectivity index (χ0) is 20.5. The molecule has 1 heterocycles. The lowest BCUT2D eigenvalue weighted by Crippen LogP contribution is -2.37. The first kappa shape index (κ1) is 23.7. The molecule has 3 rings (SSSR count). The van der Waals surface area contributed by atoms with Crippen molar-refractivity contribution in [3.8, 4) is 11.5 Å². The second-order valence-electron chi connectivity index (χ2n) is 6.61. The molecule has 1 aromatic heterocycles. The molecule has 0 aliphatic rings. The van der Waals surface area contributed by atoms with Crippen LogP contribution in [-0.2, 0) is 19.6 Å². The van der Waals surface area contributed by atoms with Crippen molar-refractivity contribution in [2.45, 2.75) is 40.4 Å². The van der Waals surface area contributed by atoms with Crippen LogP contribution in [0.5, 0.6) is 11.5 Å². The van der Waals surface area contributed by atoms with Crippen LogP contribution >= 0.6 is 24.0 Å². The molecular formula is C22H29IN6O. The summed E-state index contributed by atoms with van der Waals surface area (Å²) in [5.41, 5.74) is 2.17. The highest BCUT2D eigenvalue weighted by Crippen LogP contribution is 2.27. The lowest BCUT2D eigenvalue weighted by atomic mass is 10.1. The molecule has 0 bridgehead atoms. The Bertz CT molecular complexity index is 942. The highest BCUT2D eigenvalue weighted by Gasteiger charge is 2.08. The van der Waals surface area contributed by atoms with Crippen LogP contribution in [0.2, 0.25) is 0 Å². The van der Waals surface area contributed by atoms with E-state index in [0.29, 0.717) is 13.1 Å². The molecule has 30 heavy (non-hydrogen) atoms. The smallest absolute Gasteiger partial charge is 0.191 e. The maximum absolute atomic E-state index is 6.10. The largest absolute Gasteiger partial charge is 0.457 e. The van der Waals surface area contributed by atoms with E-state index in [9.17, 15) is 0 Å². The summed E-state index contributed by atoms with van der Waals surface area (Å²) in [6.45, 7) is 8.83. The fourth-order valence-electron chi connectivity index (χ4n) is 2.85. The van der Waals surface area contributed by atoms with E-state index in [1.807, 2.05) is 47.9 Å². The fourth-order valence-corrected chi connectivity index (χ4v) is 2.85. The van der Waals surface area contributed by atoms with E-state index < -0.39 is 0 Å². The van der Waals surface area contributed by atoms with Crippen LogP contribution in [0, 0.1) is 6.92 Å². The van der Waals surface area contributed by atoms with Gasteiger partial charge in [0.05, 0.1) is 13.1 Å². The molecule has 2 N–H and O–H groups in total. The highest BCUT2D eigenvalue weighted by molar-refractivity contribution is 14.0. The summed E-state index contributed by atoms with van der Waals surface area (Å²) in [4.78, 5) is 4.73. The van der Waals surface area contributed by atoms with E-state index in [-0.39, 0.29) is 24.0 Å². The van der Waals surface area contributed by atoms with Gasteiger partial charge in [-0.25, -0.2) is 4.99 Å². The van der Waals surface area contributed by atoms with Gasteiger partial charge in [0.15, 0.2) is 11.8 Å². The van der Waals surface area contributed by atoms with Crippen molar-refractivity contribution >= 4 is 29.9 Å². The molecule has 0 radical (unpaired) electrons. The van der Waals surface area contributed by atoms with Gasteiger partial charge < -0.3 is 19.9 Å². The van der Waals surface area contributed by atoms with Crippen molar-refractivity contribution in [1.29, 1.82) is 0 Å². The Balaban J connectivity index is 0.00000320. The Morgan fingerprint density at radius 1 is 1.10 bits per heavy atom. The monoisotopic (exact) mass is 520 g/mol. The van der Waals surface area contributed by atoms with Crippen LogP contribution in [0.1, 0.15) is 30.8 Å². The number of rotatable bonds is 8. The Labute approximate surface area is 195 Å². The zero-order valence-corrected chi connectivity index (χ0v) is 20.0. The number of aryl methyl sites for hydroxylation is 2. The van der Waals surface area contributed by atoms with E-state index in [1.165, 1.54) is 0 Å². The minimum Gasteiger partial charge on any atom is -0.457 e. The standard InChI is InChI=1S/C22H28N6O.HI/c1-4-23-22(25-15-21-27-26-16-28(21)5-2)24-14-18-12-11-17(3)13-20(18)29-19-9-7-6-8-10-19;/h6-13,16H,4-5,14-15H2,1-3H3,(H2,23,24,25);1H. The number of nitrogens with zero attached hydrogens (tertiary/aromatic N) is 4. The van der Waals surface area contributed by atoms with Gasteiger partial charge in [0.2, 0.25) is 0 Å². The third-order valence-corrected chi connectivity index (χ3v) is 4.40. The van der Waals surface area contributed by atoms with Crippen LogP contribution in [0.4, 0.5) is 0 Å². The first-order valence-corrected chi connectivity index (χ1v) is 9.91. The number of hydrogen-bond acceptors (Lipinski definition) is 4. The third-order valence-electron chi connectivity index (χ3n) is 4.40. The van der Waals surface area contributed by atoms with Gasteiger partial charge in [0.25, 0.3) is 0 Å². The quantitative estimate of drug-likeness (QED) is 0.264. The lowest BCUT2D eigenvalue weighted by molar-refractivity contribution is 0.476. The molecule has 0 aliphatic heterocycles. The number of nitrogens with one attached hydrogen (secondary N) is 2. The van der Waals surface area contributed by atoms with E-state index in [0.717, 1.165) is 47.5 Å². The lowest BCUT2D eigenvalue weighted by Gasteiger charge is -2.13. The number of aliphatic imine (C=N–C) groups is 1. The Hall–Kier alpha value is -2.62. The average molecular weight is 520 g/mol. The van der Waals surface area contributed by atoms with Crippen molar-refractivity contribution in [3.63, 3.8) is 0 Å². The first-order valence-electron chi connectivity index (χ1n) is 9.91. The maximum atomic E-state index is 6.10. The van der Waals surface area contributed by atoms with E-state index in [4.69, 9.17) is 9.73 Å². The van der Waals surface area contributed by atoms with E-state index in [2.05, 4.69) is 46.8 Å². The Morgan fingerprint density at radius 3 is 2.63 bits per heavy atom. The minimum absolute atomic E-state index is 0. The predicted molar refractivity (Wildman–Crippen MR) is 130 cm³/mol. The van der Waals surface area contributed by atoms with Crippen LogP contribution < -0.4 is 15.4 Å². The van der Waals surface area contributed by atoms with Crippen LogP contribution in [0.3, 0.4) is 0 Å². The molecule has 7 nitrogen and oxygen atoms in total. The van der Waals surface area contributed by atoms with Gasteiger partial charge in [-0.15, -0.1) is 34.2 Å². The summed E-state index contributed by atoms with van der Waals surface area (Å²) < 4.78 is 8.10. The summed E-state index contributed by atoms with van der Waals surface area (Å²) >= 11 is 0. The molecule has 0 atom stereocenters. The van der Waals surface area contributed by atoms with Gasteiger partial charge in [-0.3, -0.25) is 0 Å². The Kier molecular flexibility index (Phi) is 9.59. The molecule has 3 aromatic rings. The Morgan fingerprint density at radius 2 is 1.90 bits per heavy atom. The molecule has 0 fully saturated rings. The molecule has 0 saturated carbocycles. The maximum Gasteiger partial charge on any atom is 0.191 e. The predicted octanol–water partition coefficient (Wildman–Crippen LogP) is 4.27. The molecule has 0 saturated heterocycles. The van der Waals surface area contributed by atoms with Crippen molar-refractivity contribution in [1.82, 2.24) is 25.4 Å². The van der Waals surface area contributed by atoms with Crippen LogP contribution in [0.25, 0.3) is 0 Å². The van der Waals surface area contributed by atoms with Crippen LogP contribution in [0.15, 0.2) is 59.9 Å². The third kappa shape index (κ3) is 6.72. The number of para-hydroxylation sites is 1. The number of ether oxygens (including phenoxy) is 1. The SMILES string of the molecule is CCNC(=NCc1ccc(C)cc1Oc1ccccc1)NCc1nncn1CC.I. The van der Waals surface area contributed by atoms with Gasteiger partial charge in [0, 0.05) is 18.7 Å². The molecule has 0 unspecified atom stereocenters. The average Bonchev–Trinajstić information content (AvgIpc) is 3.19. The molecule has 160 valence electrons. The summed E-state index contributed by atoms with van der Waals surface area (Å²) in [6.07, 6.45) is 1.74. The van der Waals surface area contributed by atoms with Gasteiger partial charge in [-0.2, -0.15) is 0 Å². The molecule has 8 heteroatoms. The van der Waals surface area contributed by atoms with Crippen molar-refractivity contribution in [2.75, 3.05) is 6.54 Å². The minimum atomic E-state index is 0.